The molecule has 104 valence electrons. The van der Waals surface area contributed by atoms with Crippen molar-refractivity contribution in [3.05, 3.63) is 29.3 Å². The third-order valence-corrected chi connectivity index (χ3v) is 3.18. The average molecular weight is 272 g/mol. The van der Waals surface area contributed by atoms with Crippen molar-refractivity contribution in [3.8, 4) is 0 Å². The molecule has 0 heterocycles. The SMILES string of the molecule is CN(CC1CC1)C(=O)c1ccc(N)c(C(F)(F)F)c1. The lowest BCUT2D eigenvalue weighted by Crippen LogP contribution is -2.29. The highest BCUT2D eigenvalue weighted by molar-refractivity contribution is 5.94. The van der Waals surface area contributed by atoms with Gasteiger partial charge in [-0.1, -0.05) is 0 Å². The Morgan fingerprint density at radius 2 is 2.05 bits per heavy atom. The molecule has 3 nitrogen and oxygen atoms in total. The molecule has 1 aliphatic rings. The second-order valence-corrected chi connectivity index (χ2v) is 4.93. The number of hydrogen-bond acceptors (Lipinski definition) is 2. The van der Waals surface area contributed by atoms with Crippen molar-refractivity contribution in [3.63, 3.8) is 0 Å². The van der Waals surface area contributed by atoms with Gasteiger partial charge in [0.15, 0.2) is 0 Å². The highest BCUT2D eigenvalue weighted by Crippen LogP contribution is 2.34. The number of anilines is 1. The average Bonchev–Trinajstić information content (AvgIpc) is 3.11. The summed E-state index contributed by atoms with van der Waals surface area (Å²) in [7, 11) is 1.60. The molecule has 19 heavy (non-hydrogen) atoms. The van der Waals surface area contributed by atoms with Gasteiger partial charge in [-0.15, -0.1) is 0 Å². The lowest BCUT2D eigenvalue weighted by Gasteiger charge is -2.18. The van der Waals surface area contributed by atoms with Gasteiger partial charge in [-0.05, 0) is 37.0 Å². The van der Waals surface area contributed by atoms with Gasteiger partial charge in [0.25, 0.3) is 5.91 Å². The number of halogens is 3. The predicted molar refractivity (Wildman–Crippen MR) is 65.5 cm³/mol. The van der Waals surface area contributed by atoms with Crippen LogP contribution in [-0.4, -0.2) is 24.4 Å². The minimum Gasteiger partial charge on any atom is -0.398 e. The Morgan fingerprint density at radius 3 is 2.58 bits per heavy atom. The third kappa shape index (κ3) is 3.19. The Labute approximate surface area is 109 Å². The van der Waals surface area contributed by atoms with Crippen LogP contribution in [0.1, 0.15) is 28.8 Å². The van der Waals surface area contributed by atoms with Gasteiger partial charge in [0.1, 0.15) is 0 Å². The van der Waals surface area contributed by atoms with Gasteiger partial charge in [-0.25, -0.2) is 0 Å². The largest absolute Gasteiger partial charge is 0.418 e. The van der Waals surface area contributed by atoms with Crippen LogP contribution in [0.2, 0.25) is 0 Å². The molecule has 0 aromatic heterocycles. The van der Waals surface area contributed by atoms with Crippen LogP contribution in [0, 0.1) is 5.92 Å². The van der Waals surface area contributed by atoms with E-state index in [1.165, 1.54) is 11.0 Å². The fraction of sp³-hybridized carbons (Fsp3) is 0.462. The quantitative estimate of drug-likeness (QED) is 0.860. The number of nitrogen functional groups attached to an aromatic ring is 1. The van der Waals surface area contributed by atoms with Crippen LogP contribution in [0.25, 0.3) is 0 Å². The van der Waals surface area contributed by atoms with Crippen molar-refractivity contribution < 1.29 is 18.0 Å². The number of rotatable bonds is 3. The molecule has 6 heteroatoms. The molecule has 0 spiro atoms. The van der Waals surface area contributed by atoms with Crippen LogP contribution >= 0.6 is 0 Å². The number of carbonyl (C=O) groups is 1. The second kappa shape index (κ2) is 4.75. The number of alkyl halides is 3. The zero-order valence-corrected chi connectivity index (χ0v) is 10.5. The Balaban J connectivity index is 2.22. The molecular weight excluding hydrogens is 257 g/mol. The molecule has 0 aliphatic heterocycles. The maximum absolute atomic E-state index is 12.7. The minimum absolute atomic E-state index is 0.0182. The summed E-state index contributed by atoms with van der Waals surface area (Å²) in [5, 5.41) is 0. The molecular formula is C13H15F3N2O. The van der Waals surface area contributed by atoms with Gasteiger partial charge in [0, 0.05) is 24.8 Å². The molecule has 1 fully saturated rings. The maximum atomic E-state index is 12.7. The van der Waals surface area contributed by atoms with E-state index in [0.29, 0.717) is 12.5 Å². The standard InChI is InChI=1S/C13H15F3N2O/c1-18(7-8-2-3-8)12(19)9-4-5-11(17)10(6-9)13(14,15)16/h4-6,8H,2-3,7,17H2,1H3. The molecule has 2 N–H and O–H groups in total. The number of hydrogen-bond donors (Lipinski definition) is 1. The number of amides is 1. The third-order valence-electron chi connectivity index (χ3n) is 3.18. The lowest BCUT2D eigenvalue weighted by atomic mass is 10.1. The van der Waals surface area contributed by atoms with Crippen LogP contribution in [0.4, 0.5) is 18.9 Å². The molecule has 1 amide bonds. The molecule has 0 saturated heterocycles. The zero-order chi connectivity index (χ0) is 14.2. The molecule has 0 bridgehead atoms. The first-order chi connectivity index (χ1) is 8.79. The summed E-state index contributed by atoms with van der Waals surface area (Å²) in [4.78, 5) is 13.5. The molecule has 0 radical (unpaired) electrons. The first kappa shape index (κ1) is 13.7. The van der Waals surface area contributed by atoms with Gasteiger partial charge in [-0.2, -0.15) is 13.2 Å². The summed E-state index contributed by atoms with van der Waals surface area (Å²) in [6, 6.07) is 3.28. The van der Waals surface area contributed by atoms with E-state index in [1.807, 2.05) is 0 Å². The second-order valence-electron chi connectivity index (χ2n) is 4.93. The lowest BCUT2D eigenvalue weighted by molar-refractivity contribution is -0.136. The summed E-state index contributed by atoms with van der Waals surface area (Å²) < 4.78 is 38.1. The first-order valence-corrected chi connectivity index (χ1v) is 6.01. The van der Waals surface area contributed by atoms with Gasteiger partial charge >= 0.3 is 6.18 Å². The summed E-state index contributed by atoms with van der Waals surface area (Å²) in [6.07, 6.45) is -2.39. The van der Waals surface area contributed by atoms with Crippen LogP contribution in [0.3, 0.4) is 0 Å². The van der Waals surface area contributed by atoms with Crippen molar-refractivity contribution >= 4 is 11.6 Å². The summed E-state index contributed by atoms with van der Waals surface area (Å²) >= 11 is 0. The molecule has 0 atom stereocenters. The van der Waals surface area contributed by atoms with E-state index in [2.05, 4.69) is 0 Å². The molecule has 1 aromatic carbocycles. The van der Waals surface area contributed by atoms with E-state index in [0.717, 1.165) is 25.0 Å². The minimum atomic E-state index is -4.55. The summed E-state index contributed by atoms with van der Waals surface area (Å²) in [6.45, 7) is 0.588. The summed E-state index contributed by atoms with van der Waals surface area (Å²) in [5.41, 5.74) is 3.99. The van der Waals surface area contributed by atoms with E-state index in [9.17, 15) is 18.0 Å². The Kier molecular flexibility index (Phi) is 3.43. The number of nitrogens with two attached hydrogens (primary N) is 1. The van der Waals surface area contributed by atoms with E-state index < -0.39 is 17.6 Å². The van der Waals surface area contributed by atoms with Crippen LogP contribution < -0.4 is 5.73 Å². The Bertz CT molecular complexity index is 495. The molecule has 1 aromatic rings. The van der Waals surface area contributed by atoms with Gasteiger partial charge in [-0.3, -0.25) is 4.79 Å². The van der Waals surface area contributed by atoms with Crippen molar-refractivity contribution in [2.75, 3.05) is 19.3 Å². The molecule has 1 saturated carbocycles. The van der Waals surface area contributed by atoms with Gasteiger partial charge < -0.3 is 10.6 Å². The summed E-state index contributed by atoms with van der Waals surface area (Å²) in [5.74, 6) is 0.0854. The molecule has 0 unspecified atom stereocenters. The fourth-order valence-electron chi connectivity index (χ4n) is 1.93. The monoisotopic (exact) mass is 272 g/mol. The van der Waals surface area contributed by atoms with Crippen molar-refractivity contribution in [1.29, 1.82) is 0 Å². The van der Waals surface area contributed by atoms with Crippen LogP contribution in [-0.2, 0) is 6.18 Å². The highest BCUT2D eigenvalue weighted by Gasteiger charge is 2.34. The number of carbonyl (C=O) groups excluding carboxylic acids is 1. The van der Waals surface area contributed by atoms with E-state index >= 15 is 0 Å². The number of benzene rings is 1. The van der Waals surface area contributed by atoms with Gasteiger partial charge in [0.05, 0.1) is 5.56 Å². The topological polar surface area (TPSA) is 46.3 Å². The Hall–Kier alpha value is -1.72. The van der Waals surface area contributed by atoms with Crippen LogP contribution in [0.15, 0.2) is 18.2 Å². The smallest absolute Gasteiger partial charge is 0.398 e. The molecule has 1 aliphatic carbocycles. The normalized spacial score (nSPS) is 15.4. The van der Waals surface area contributed by atoms with Gasteiger partial charge in [0.2, 0.25) is 0 Å². The van der Waals surface area contributed by atoms with Crippen molar-refractivity contribution in [2.24, 2.45) is 5.92 Å². The zero-order valence-electron chi connectivity index (χ0n) is 10.5. The number of nitrogens with zero attached hydrogens (tertiary/aromatic N) is 1. The molecule has 2 rings (SSSR count). The van der Waals surface area contributed by atoms with Crippen molar-refractivity contribution in [2.45, 2.75) is 19.0 Å². The van der Waals surface area contributed by atoms with E-state index in [-0.39, 0.29) is 11.3 Å². The van der Waals surface area contributed by atoms with Crippen molar-refractivity contribution in [1.82, 2.24) is 4.90 Å². The van der Waals surface area contributed by atoms with E-state index in [4.69, 9.17) is 5.73 Å². The fourth-order valence-corrected chi connectivity index (χ4v) is 1.93. The predicted octanol–water partition coefficient (Wildman–Crippen LogP) is 2.77. The van der Waals surface area contributed by atoms with Crippen LogP contribution in [0.5, 0.6) is 0 Å². The van der Waals surface area contributed by atoms with E-state index in [1.54, 1.807) is 7.05 Å². The highest BCUT2D eigenvalue weighted by atomic mass is 19.4. The maximum Gasteiger partial charge on any atom is 0.418 e. The first-order valence-electron chi connectivity index (χ1n) is 6.01. The Morgan fingerprint density at radius 1 is 1.42 bits per heavy atom.